The van der Waals surface area contributed by atoms with Crippen LogP contribution in [0.1, 0.15) is 28.5 Å². The average molecular weight is 487 g/mol. The van der Waals surface area contributed by atoms with Crippen LogP contribution in [0.25, 0.3) is 0 Å². The number of piperazine rings is 1. The number of benzene rings is 2. The summed E-state index contributed by atoms with van der Waals surface area (Å²) in [6, 6.07) is 18.0. The lowest BCUT2D eigenvalue weighted by molar-refractivity contribution is 0.0730. The van der Waals surface area contributed by atoms with Crippen LogP contribution in [0.2, 0.25) is 0 Å². The summed E-state index contributed by atoms with van der Waals surface area (Å²) in [5.74, 6) is 2.28. The van der Waals surface area contributed by atoms with Crippen LogP contribution in [-0.2, 0) is 13.0 Å². The molecule has 0 atom stereocenters. The van der Waals surface area contributed by atoms with Gasteiger partial charge in [-0.25, -0.2) is 4.98 Å². The topological polar surface area (TPSA) is 65.0 Å². The summed E-state index contributed by atoms with van der Waals surface area (Å²) in [5.41, 5.74) is 3.93. The van der Waals surface area contributed by atoms with E-state index >= 15 is 0 Å². The third-order valence-corrected chi connectivity index (χ3v) is 7.17. The first-order valence-corrected chi connectivity index (χ1v) is 12.7. The fraction of sp³-hybridized carbons (Fsp3) is 0.393. The Morgan fingerprint density at radius 1 is 0.944 bits per heavy atom. The summed E-state index contributed by atoms with van der Waals surface area (Å²) in [6.45, 7) is 7.68. The predicted octanol–water partition coefficient (Wildman–Crippen LogP) is 3.47. The molecule has 0 radical (unpaired) electrons. The minimum absolute atomic E-state index is 0.0238. The molecule has 3 aromatic rings. The number of para-hydroxylation sites is 2. The maximum Gasteiger partial charge on any atom is 0.257 e. The summed E-state index contributed by atoms with van der Waals surface area (Å²) in [7, 11) is 3.65. The van der Waals surface area contributed by atoms with E-state index in [1.54, 1.807) is 7.11 Å². The Kier molecular flexibility index (Phi) is 6.93. The number of aromatic nitrogens is 2. The normalized spacial score (nSPS) is 15.5. The lowest BCUT2D eigenvalue weighted by atomic mass is 10.0. The van der Waals surface area contributed by atoms with Gasteiger partial charge in [-0.2, -0.15) is 4.98 Å². The summed E-state index contributed by atoms with van der Waals surface area (Å²) in [5, 5.41) is 0. The molecule has 0 N–H and O–H groups in total. The van der Waals surface area contributed by atoms with Crippen molar-refractivity contribution in [3.8, 4) is 5.75 Å². The Hall–Kier alpha value is -3.81. The number of anilines is 3. The second-order valence-electron chi connectivity index (χ2n) is 9.27. The Bertz CT molecular complexity index is 1210. The Morgan fingerprint density at radius 3 is 2.36 bits per heavy atom. The minimum atomic E-state index is -0.0238. The number of hydrogen-bond donors (Lipinski definition) is 0. The number of ether oxygens (including phenoxy) is 1. The van der Waals surface area contributed by atoms with E-state index in [0.29, 0.717) is 30.8 Å². The second-order valence-corrected chi connectivity index (χ2v) is 9.27. The van der Waals surface area contributed by atoms with Gasteiger partial charge in [-0.1, -0.05) is 30.3 Å². The minimum Gasteiger partial charge on any atom is -0.496 e. The smallest absolute Gasteiger partial charge is 0.257 e. The standard InChI is InChI=1S/C28H34N6O2/c1-4-31(2)26-23-20-34(27(35)22-12-8-9-13-25(22)36-3)15-14-24(23)29-28(30-26)33-18-16-32(17-19-33)21-10-6-5-7-11-21/h5-13H,4,14-20H2,1-3H3. The molecule has 3 heterocycles. The molecular formula is C28H34N6O2. The fourth-order valence-electron chi connectivity index (χ4n) is 4.96. The molecule has 36 heavy (non-hydrogen) atoms. The summed E-state index contributed by atoms with van der Waals surface area (Å²) >= 11 is 0. The number of nitrogens with zero attached hydrogens (tertiary/aromatic N) is 6. The molecule has 2 aliphatic rings. The van der Waals surface area contributed by atoms with Gasteiger partial charge in [-0.15, -0.1) is 0 Å². The second kappa shape index (κ2) is 10.4. The van der Waals surface area contributed by atoms with E-state index in [-0.39, 0.29) is 5.91 Å². The van der Waals surface area contributed by atoms with E-state index in [4.69, 9.17) is 14.7 Å². The van der Waals surface area contributed by atoms with Gasteiger partial charge >= 0.3 is 0 Å². The van der Waals surface area contributed by atoms with E-state index < -0.39 is 0 Å². The van der Waals surface area contributed by atoms with Crippen LogP contribution in [0.5, 0.6) is 5.75 Å². The molecule has 8 nitrogen and oxygen atoms in total. The van der Waals surface area contributed by atoms with Crippen LogP contribution in [0.3, 0.4) is 0 Å². The van der Waals surface area contributed by atoms with Crippen LogP contribution in [0.4, 0.5) is 17.5 Å². The molecule has 0 spiro atoms. The highest BCUT2D eigenvalue weighted by Gasteiger charge is 2.30. The van der Waals surface area contributed by atoms with Crippen LogP contribution >= 0.6 is 0 Å². The van der Waals surface area contributed by atoms with Crippen LogP contribution in [0, 0.1) is 0 Å². The zero-order chi connectivity index (χ0) is 25.1. The number of carbonyl (C=O) groups excluding carboxylic acids is 1. The van der Waals surface area contributed by atoms with E-state index in [1.807, 2.05) is 29.2 Å². The fourth-order valence-corrected chi connectivity index (χ4v) is 4.96. The molecule has 5 rings (SSSR count). The monoisotopic (exact) mass is 486 g/mol. The number of hydrogen-bond acceptors (Lipinski definition) is 7. The molecule has 2 aliphatic heterocycles. The molecule has 0 bridgehead atoms. The van der Waals surface area contributed by atoms with Gasteiger partial charge in [0.05, 0.1) is 24.9 Å². The molecule has 0 unspecified atom stereocenters. The van der Waals surface area contributed by atoms with Crippen LogP contribution < -0.4 is 19.4 Å². The summed E-state index contributed by atoms with van der Waals surface area (Å²) < 4.78 is 5.44. The third-order valence-electron chi connectivity index (χ3n) is 7.17. The summed E-state index contributed by atoms with van der Waals surface area (Å²) in [4.78, 5) is 32.2. The molecule has 1 fully saturated rings. The number of amides is 1. The van der Waals surface area contributed by atoms with Gasteiger partial charge in [0.15, 0.2) is 0 Å². The zero-order valence-corrected chi connectivity index (χ0v) is 21.4. The quantitative estimate of drug-likeness (QED) is 0.529. The van der Waals surface area contributed by atoms with Crippen molar-refractivity contribution in [1.82, 2.24) is 14.9 Å². The Labute approximate surface area is 213 Å². The number of methoxy groups -OCH3 is 1. The van der Waals surface area contributed by atoms with E-state index in [1.165, 1.54) is 5.69 Å². The highest BCUT2D eigenvalue weighted by atomic mass is 16.5. The van der Waals surface area contributed by atoms with Crippen molar-refractivity contribution in [2.75, 3.05) is 68.1 Å². The maximum atomic E-state index is 13.4. The largest absolute Gasteiger partial charge is 0.496 e. The van der Waals surface area contributed by atoms with Crippen LogP contribution in [0.15, 0.2) is 54.6 Å². The highest BCUT2D eigenvalue weighted by Crippen LogP contribution is 2.31. The van der Waals surface area contributed by atoms with Crippen molar-refractivity contribution in [3.63, 3.8) is 0 Å². The number of rotatable bonds is 6. The molecule has 1 aromatic heterocycles. The van der Waals surface area contributed by atoms with E-state index in [2.05, 4.69) is 59.0 Å². The molecule has 0 aliphatic carbocycles. The zero-order valence-electron chi connectivity index (χ0n) is 21.4. The van der Waals surface area contributed by atoms with Crippen molar-refractivity contribution in [2.45, 2.75) is 19.9 Å². The molecule has 1 amide bonds. The molecule has 0 saturated carbocycles. The first kappa shape index (κ1) is 23.9. The van der Waals surface area contributed by atoms with Crippen molar-refractivity contribution in [2.24, 2.45) is 0 Å². The molecular weight excluding hydrogens is 452 g/mol. The molecule has 2 aromatic carbocycles. The first-order valence-electron chi connectivity index (χ1n) is 12.7. The highest BCUT2D eigenvalue weighted by molar-refractivity contribution is 5.97. The molecule has 188 valence electrons. The van der Waals surface area contributed by atoms with Gasteiger partial charge in [-0.3, -0.25) is 4.79 Å². The van der Waals surface area contributed by atoms with Gasteiger partial charge in [0.2, 0.25) is 5.95 Å². The number of carbonyl (C=O) groups is 1. The predicted molar refractivity (Wildman–Crippen MR) is 143 cm³/mol. The Balaban J connectivity index is 1.38. The van der Waals surface area contributed by atoms with Crippen LogP contribution in [-0.4, -0.2) is 74.2 Å². The van der Waals surface area contributed by atoms with Crippen molar-refractivity contribution in [1.29, 1.82) is 0 Å². The molecule has 1 saturated heterocycles. The van der Waals surface area contributed by atoms with Crippen molar-refractivity contribution >= 4 is 23.4 Å². The summed E-state index contributed by atoms with van der Waals surface area (Å²) in [6.07, 6.45) is 0.709. The lowest BCUT2D eigenvalue weighted by Crippen LogP contribution is -2.47. The van der Waals surface area contributed by atoms with Crippen molar-refractivity contribution in [3.05, 3.63) is 71.4 Å². The molecule has 8 heteroatoms. The number of fused-ring (bicyclic) bond motifs is 1. The first-order chi connectivity index (χ1) is 17.6. The van der Waals surface area contributed by atoms with E-state index in [0.717, 1.165) is 55.7 Å². The SMILES string of the molecule is CCN(C)c1nc(N2CCN(c3ccccc3)CC2)nc2c1CN(C(=O)c1ccccc1OC)CC2. The maximum absolute atomic E-state index is 13.4. The lowest BCUT2D eigenvalue weighted by Gasteiger charge is -2.37. The average Bonchev–Trinajstić information content (AvgIpc) is 2.96. The Morgan fingerprint density at radius 2 is 1.64 bits per heavy atom. The third kappa shape index (κ3) is 4.67. The van der Waals surface area contributed by atoms with Gasteiger partial charge in [0, 0.05) is 64.0 Å². The van der Waals surface area contributed by atoms with Gasteiger partial charge < -0.3 is 24.3 Å². The van der Waals surface area contributed by atoms with Gasteiger partial charge in [0.25, 0.3) is 5.91 Å². The van der Waals surface area contributed by atoms with Crippen molar-refractivity contribution < 1.29 is 9.53 Å². The van der Waals surface area contributed by atoms with Gasteiger partial charge in [-0.05, 0) is 31.2 Å². The van der Waals surface area contributed by atoms with Gasteiger partial charge in [0.1, 0.15) is 11.6 Å². The van der Waals surface area contributed by atoms with E-state index in [9.17, 15) is 4.79 Å².